The van der Waals surface area contributed by atoms with Crippen molar-refractivity contribution in [2.75, 3.05) is 0 Å². The van der Waals surface area contributed by atoms with Gasteiger partial charge < -0.3 is 4.43 Å². The predicted octanol–water partition coefficient (Wildman–Crippen LogP) is 12.3. The molecule has 1 aliphatic carbocycles. The Hall–Kier alpha value is -1.12. The lowest BCUT2D eigenvalue weighted by Gasteiger charge is -2.50. The molecule has 1 rings (SSSR count). The lowest BCUT2D eigenvalue weighted by atomic mass is 9.63. The van der Waals surface area contributed by atoms with Crippen molar-refractivity contribution in [2.24, 2.45) is 11.3 Å². The molecule has 38 heavy (non-hydrogen) atoms. The minimum Gasteiger partial charge on any atom is -0.413 e. The van der Waals surface area contributed by atoms with Gasteiger partial charge in [-0.05, 0) is 128 Å². The van der Waals surface area contributed by atoms with Crippen LogP contribution in [-0.4, -0.2) is 14.4 Å². The molecule has 218 valence electrons. The predicted molar refractivity (Wildman–Crippen MR) is 175 cm³/mol. The number of rotatable bonds is 14. The van der Waals surface area contributed by atoms with Crippen molar-refractivity contribution in [1.29, 1.82) is 0 Å². The van der Waals surface area contributed by atoms with Gasteiger partial charge in [0.05, 0.1) is 6.10 Å². The molecule has 2 atom stereocenters. The van der Waals surface area contributed by atoms with Crippen LogP contribution >= 0.6 is 0 Å². The Morgan fingerprint density at radius 3 is 1.82 bits per heavy atom. The van der Waals surface area contributed by atoms with E-state index >= 15 is 0 Å². The molecule has 1 saturated carbocycles. The number of unbranched alkanes of at least 4 members (excludes halogenated alkanes) is 1. The first-order valence-corrected chi connectivity index (χ1v) is 18.3. The first kappa shape index (κ1) is 34.9. The molecule has 0 aromatic carbocycles. The highest BCUT2D eigenvalue weighted by molar-refractivity contribution is 6.74. The van der Waals surface area contributed by atoms with Crippen molar-refractivity contribution in [3.63, 3.8) is 0 Å². The van der Waals surface area contributed by atoms with Crippen molar-refractivity contribution < 1.29 is 4.43 Å². The molecule has 0 N–H and O–H groups in total. The third-order valence-corrected chi connectivity index (χ3v) is 13.8. The summed E-state index contributed by atoms with van der Waals surface area (Å²) in [5.74, 6) is 0.537. The van der Waals surface area contributed by atoms with Gasteiger partial charge in [0.1, 0.15) is 0 Å². The number of allylic oxidation sites excluding steroid dienone is 9. The van der Waals surface area contributed by atoms with Gasteiger partial charge in [-0.2, -0.15) is 0 Å². The molecule has 0 aromatic heterocycles. The highest BCUT2D eigenvalue weighted by Crippen LogP contribution is 2.50. The van der Waals surface area contributed by atoms with Crippen LogP contribution in [0.5, 0.6) is 0 Å². The molecule has 0 aliphatic heterocycles. The Morgan fingerprint density at radius 2 is 1.32 bits per heavy atom. The molecule has 1 aliphatic rings. The second-order valence-corrected chi connectivity index (χ2v) is 19.3. The summed E-state index contributed by atoms with van der Waals surface area (Å²) in [6, 6.07) is 0. The van der Waals surface area contributed by atoms with Gasteiger partial charge in [-0.15, -0.1) is 0 Å². The van der Waals surface area contributed by atoms with Crippen LogP contribution in [0.4, 0.5) is 0 Å². The maximum atomic E-state index is 6.98. The largest absolute Gasteiger partial charge is 0.413 e. The smallest absolute Gasteiger partial charge is 0.192 e. The molecule has 0 aromatic rings. The maximum Gasteiger partial charge on any atom is 0.192 e. The molecule has 0 radical (unpaired) electrons. The van der Waals surface area contributed by atoms with Crippen molar-refractivity contribution in [2.45, 2.75) is 158 Å². The highest BCUT2D eigenvalue weighted by atomic mass is 28.4. The molecular formula is C36H64OSi. The summed E-state index contributed by atoms with van der Waals surface area (Å²) < 4.78 is 6.98. The van der Waals surface area contributed by atoms with E-state index in [1.54, 1.807) is 0 Å². The highest BCUT2D eigenvalue weighted by Gasteiger charge is 2.47. The van der Waals surface area contributed by atoms with Gasteiger partial charge in [0, 0.05) is 0 Å². The Bertz CT molecular complexity index is 868. The van der Waals surface area contributed by atoms with E-state index in [1.807, 2.05) is 0 Å². The molecule has 0 saturated heterocycles. The van der Waals surface area contributed by atoms with E-state index in [1.165, 1.54) is 66.4 Å². The lowest BCUT2D eigenvalue weighted by molar-refractivity contribution is 0.000278. The summed E-state index contributed by atoms with van der Waals surface area (Å²) in [6.45, 7) is 32.5. The summed E-state index contributed by atoms with van der Waals surface area (Å²) >= 11 is 0. The summed E-state index contributed by atoms with van der Waals surface area (Å²) in [5, 5.41) is 0.250. The Labute approximate surface area is 240 Å². The second kappa shape index (κ2) is 15.6. The van der Waals surface area contributed by atoms with Crippen molar-refractivity contribution in [3.8, 4) is 0 Å². The monoisotopic (exact) mass is 540 g/mol. The Morgan fingerprint density at radius 1 is 0.842 bits per heavy atom. The van der Waals surface area contributed by atoms with Gasteiger partial charge in [-0.3, -0.25) is 0 Å². The van der Waals surface area contributed by atoms with Crippen LogP contribution in [0, 0.1) is 11.3 Å². The third kappa shape index (κ3) is 11.9. The molecule has 0 bridgehead atoms. The molecule has 0 heterocycles. The van der Waals surface area contributed by atoms with E-state index in [-0.39, 0.29) is 10.5 Å². The van der Waals surface area contributed by atoms with Gasteiger partial charge in [0.2, 0.25) is 0 Å². The Kier molecular flexibility index (Phi) is 14.3. The fraction of sp³-hybridized carbons (Fsp3) is 0.722. The van der Waals surface area contributed by atoms with Crippen LogP contribution in [-0.2, 0) is 4.43 Å². The topological polar surface area (TPSA) is 9.23 Å². The van der Waals surface area contributed by atoms with E-state index < -0.39 is 8.32 Å². The summed E-state index contributed by atoms with van der Waals surface area (Å²) in [6.07, 6.45) is 21.6. The summed E-state index contributed by atoms with van der Waals surface area (Å²) in [4.78, 5) is 0. The average molecular weight is 541 g/mol. The van der Waals surface area contributed by atoms with Gasteiger partial charge >= 0.3 is 0 Å². The van der Waals surface area contributed by atoms with E-state index in [4.69, 9.17) is 4.43 Å². The molecule has 0 unspecified atom stereocenters. The van der Waals surface area contributed by atoms with Crippen molar-refractivity contribution in [3.05, 3.63) is 58.7 Å². The van der Waals surface area contributed by atoms with Crippen LogP contribution in [0.1, 0.15) is 133 Å². The fourth-order valence-electron chi connectivity index (χ4n) is 5.40. The van der Waals surface area contributed by atoms with E-state index in [0.29, 0.717) is 12.0 Å². The van der Waals surface area contributed by atoms with Gasteiger partial charge in [0.25, 0.3) is 0 Å². The van der Waals surface area contributed by atoms with Crippen LogP contribution in [0.25, 0.3) is 0 Å². The van der Waals surface area contributed by atoms with Gasteiger partial charge in [0.15, 0.2) is 8.32 Å². The zero-order chi connectivity index (χ0) is 29.1. The zero-order valence-corrected chi connectivity index (χ0v) is 28.7. The fourth-order valence-corrected chi connectivity index (χ4v) is 6.89. The number of hydrogen-bond donors (Lipinski definition) is 0. The first-order chi connectivity index (χ1) is 17.5. The van der Waals surface area contributed by atoms with Gasteiger partial charge in [-0.1, -0.05) is 93.4 Å². The van der Waals surface area contributed by atoms with E-state index in [9.17, 15) is 0 Å². The molecule has 2 heteroatoms. The third-order valence-electron chi connectivity index (χ3n) is 9.29. The molecule has 1 nitrogen and oxygen atoms in total. The average Bonchev–Trinajstić information content (AvgIpc) is 2.77. The normalized spacial score (nSPS) is 21.6. The molecular weight excluding hydrogens is 476 g/mol. The van der Waals surface area contributed by atoms with Crippen LogP contribution in [0.15, 0.2) is 58.7 Å². The van der Waals surface area contributed by atoms with Crippen LogP contribution in [0.3, 0.4) is 0 Å². The van der Waals surface area contributed by atoms with E-state index in [0.717, 1.165) is 25.7 Å². The summed E-state index contributed by atoms with van der Waals surface area (Å²) in [5.41, 5.74) is 7.58. The van der Waals surface area contributed by atoms with E-state index in [2.05, 4.69) is 113 Å². The van der Waals surface area contributed by atoms with Crippen molar-refractivity contribution >= 4 is 8.32 Å². The standard InChI is InChI=1S/C36H64OSi/c1-28(2)18-16-21-30(4)23-17-22-29(3)19-14-15-20-31(5)24-26-33-32(6)25-27-34(36(33,10)11)37-38(12,13)35(7,8)9/h18-20,23,33-34H,6,14-17,21-22,24-27H2,1-5,7-13H3/b29-19+,30-23+,31-20+/t33-,34+/m1/s1. The summed E-state index contributed by atoms with van der Waals surface area (Å²) in [7, 11) is -1.78. The maximum absolute atomic E-state index is 6.98. The Balaban J connectivity index is 2.55. The molecule has 1 fully saturated rings. The first-order valence-electron chi connectivity index (χ1n) is 15.4. The lowest BCUT2D eigenvalue weighted by Crippen LogP contribution is -2.51. The second-order valence-electron chi connectivity index (χ2n) is 14.6. The van der Waals surface area contributed by atoms with Gasteiger partial charge in [-0.25, -0.2) is 0 Å². The minimum atomic E-state index is -1.78. The molecule has 0 spiro atoms. The quantitative estimate of drug-likeness (QED) is 0.121. The molecule has 0 amide bonds. The zero-order valence-electron chi connectivity index (χ0n) is 27.7. The SMILES string of the molecule is C=C1CC[C@H](O[Si](C)(C)C(C)(C)C)C(C)(C)[C@@H]1CC/C(C)=C/CC/C=C(\C)CC/C=C(\C)CCC=C(C)C. The van der Waals surface area contributed by atoms with Crippen LogP contribution < -0.4 is 0 Å². The number of hydrogen-bond acceptors (Lipinski definition) is 1. The van der Waals surface area contributed by atoms with Crippen molar-refractivity contribution in [1.82, 2.24) is 0 Å². The minimum absolute atomic E-state index is 0.142. The van der Waals surface area contributed by atoms with Crippen LogP contribution in [0.2, 0.25) is 18.1 Å².